The molecule has 2 heterocycles. The summed E-state index contributed by atoms with van der Waals surface area (Å²) >= 11 is 0.391. The van der Waals surface area contributed by atoms with E-state index in [1.165, 1.54) is 0 Å². The van der Waals surface area contributed by atoms with E-state index in [-0.39, 0.29) is 121 Å². The summed E-state index contributed by atoms with van der Waals surface area (Å²) in [6.07, 6.45) is 5.19. The van der Waals surface area contributed by atoms with Crippen LogP contribution >= 0.6 is 0 Å². The molecule has 0 aromatic carbocycles. The van der Waals surface area contributed by atoms with Crippen molar-refractivity contribution in [1.82, 2.24) is 0 Å². The van der Waals surface area contributed by atoms with Gasteiger partial charge in [-0.25, -0.2) is 0 Å². The molecule has 7 heteroatoms. The Morgan fingerprint density at radius 1 is 0.923 bits per heavy atom. The van der Waals surface area contributed by atoms with E-state index in [2.05, 4.69) is 21.5 Å². The number of hydrogen-bond donors (Lipinski definition) is 0. The monoisotopic (exact) mass is 1070 g/mol. The molecule has 0 atom stereocenters. The standard InChI is InChI=1S/2C3H2.4Bi.2ClH.Zr.2H/c2*1-3-2;;;;;;;;;/h2*1,3H;;;;;2*1H;;;/q;;;;;;;;+2;;/p-2. The van der Waals surface area contributed by atoms with Crippen molar-refractivity contribution in [2.75, 3.05) is 0 Å². The molecule has 0 saturated heterocycles. The smallest absolute Gasteiger partial charge is 1.00 e. The summed E-state index contributed by atoms with van der Waals surface area (Å²) in [6, 6.07) is 0. The van der Waals surface area contributed by atoms with Gasteiger partial charge in [0.05, 0.1) is 0 Å². The summed E-state index contributed by atoms with van der Waals surface area (Å²) in [5.74, 6) is 0. The molecule has 0 spiro atoms. The van der Waals surface area contributed by atoms with Gasteiger partial charge in [0.25, 0.3) is 0 Å². The van der Waals surface area contributed by atoms with E-state index in [0.29, 0.717) is 0 Å². The van der Waals surface area contributed by atoms with Gasteiger partial charge in [-0.1, -0.05) is 0 Å². The van der Waals surface area contributed by atoms with Crippen molar-refractivity contribution >= 4 is 74.6 Å². The quantitative estimate of drug-likeness (QED) is 0.242. The SMILES string of the molecule is [CH]1=C[C]([Zr+2][C]2=[Bi][BiH][CH]=C2)=[Bi][BiH]1.[Cl-].[Cl-]. The first-order valence-corrected chi connectivity index (χ1v) is 47.6. The van der Waals surface area contributed by atoms with Crippen molar-refractivity contribution < 1.29 is 48.0 Å². The van der Waals surface area contributed by atoms with Crippen molar-refractivity contribution in [3.63, 3.8) is 0 Å². The molecule has 0 nitrogen and oxygen atoms in total. The van der Waals surface area contributed by atoms with Crippen LogP contribution in [0, 0.1) is 0 Å². The Labute approximate surface area is 138 Å². The van der Waals surface area contributed by atoms with E-state index in [9.17, 15) is 0 Å². The minimum absolute atomic E-state index is 0. The maximum Gasteiger partial charge on any atom is -1.00 e. The summed E-state index contributed by atoms with van der Waals surface area (Å²) < 4.78 is 9.57. The number of allylic oxidation sites excluding steroid dienone is 2. The van der Waals surface area contributed by atoms with E-state index in [1.54, 1.807) is 0 Å². The fraction of sp³-hybridized carbons (Fsp3) is 0. The molecule has 0 aromatic heterocycles. The Morgan fingerprint density at radius 3 is 1.69 bits per heavy atom. The largest absolute Gasteiger partial charge is 1.00 e. The molecule has 0 saturated carbocycles. The molecule has 0 fully saturated rings. The van der Waals surface area contributed by atoms with Crippen molar-refractivity contribution in [3.05, 3.63) is 19.7 Å². The summed E-state index contributed by atoms with van der Waals surface area (Å²) in [7, 11) is 0. The average molecular weight is 1080 g/mol. The van der Waals surface area contributed by atoms with E-state index < -0.39 is 0 Å². The Balaban J connectivity index is 0.000000720. The van der Waals surface area contributed by atoms with Gasteiger partial charge in [-0.3, -0.25) is 0 Å². The molecule has 0 amide bonds. The third-order valence-electron chi connectivity index (χ3n) is 1.26. The molecule has 2 aliphatic heterocycles. The molecule has 0 radical (unpaired) electrons. The Hall–Kier alpha value is 4.22. The summed E-state index contributed by atoms with van der Waals surface area (Å²) in [6.45, 7) is 0. The molecule has 68 valence electrons. The Kier molecular flexibility index (Phi) is 13.5. The van der Waals surface area contributed by atoms with Gasteiger partial charge in [0, 0.05) is 0 Å². The predicted molar refractivity (Wildman–Crippen MR) is 54.1 cm³/mol. The van der Waals surface area contributed by atoms with Gasteiger partial charge in [-0.05, 0) is 0 Å². The molecular formula is C6H6Bi4Cl2Zr. The van der Waals surface area contributed by atoms with Crippen LogP contribution in [0.15, 0.2) is 19.7 Å². The molecule has 0 aliphatic carbocycles. The van der Waals surface area contributed by atoms with Crippen LogP contribution in [0.3, 0.4) is 0 Å². The second-order valence-corrected chi connectivity index (χ2v) is 56.7. The molecule has 0 N–H and O–H groups in total. The van der Waals surface area contributed by atoms with Gasteiger partial charge in [0.1, 0.15) is 0 Å². The van der Waals surface area contributed by atoms with Crippen LogP contribution < -0.4 is 24.8 Å². The second kappa shape index (κ2) is 10.2. The molecule has 0 aromatic rings. The van der Waals surface area contributed by atoms with Crippen LogP contribution in [0.4, 0.5) is 0 Å². The number of hydrogen-bond acceptors (Lipinski definition) is 0. The average Bonchev–Trinajstić information content (AvgIpc) is 2.60. The summed E-state index contributed by atoms with van der Waals surface area (Å²) in [5.41, 5.74) is 0. The van der Waals surface area contributed by atoms with Gasteiger partial charge in [0.2, 0.25) is 0 Å². The Morgan fingerprint density at radius 2 is 1.38 bits per heavy atom. The zero-order chi connectivity index (χ0) is 7.52. The van der Waals surface area contributed by atoms with E-state index >= 15 is 0 Å². The second-order valence-electron chi connectivity index (χ2n) is 2.04. The molecule has 2 rings (SSSR count). The van der Waals surface area contributed by atoms with Gasteiger partial charge < -0.3 is 24.8 Å². The maximum absolute atomic E-state index is 2.64. The normalized spacial score (nSPS) is 16.9. The molecule has 13 heavy (non-hydrogen) atoms. The topological polar surface area (TPSA) is 0 Å². The van der Waals surface area contributed by atoms with Crippen molar-refractivity contribution in [1.29, 1.82) is 0 Å². The number of halogens is 2. The summed E-state index contributed by atoms with van der Waals surface area (Å²) in [4.78, 5) is 0. The van der Waals surface area contributed by atoms with E-state index in [4.69, 9.17) is 0 Å². The minimum atomic E-state index is 0. The van der Waals surface area contributed by atoms with Crippen molar-refractivity contribution in [3.8, 4) is 0 Å². The zero-order valence-corrected chi connectivity index (χ0v) is 25.2. The molecular weight excluding hydrogens is 1070 g/mol. The van der Waals surface area contributed by atoms with Gasteiger partial charge in [0.15, 0.2) is 0 Å². The summed E-state index contributed by atoms with van der Waals surface area (Å²) in [5, 5.41) is 0. The van der Waals surface area contributed by atoms with E-state index in [1.807, 2.05) is 0 Å². The van der Waals surface area contributed by atoms with Crippen molar-refractivity contribution in [2.24, 2.45) is 0 Å². The first-order chi connectivity index (χ1) is 5.45. The third kappa shape index (κ3) is 6.64. The van der Waals surface area contributed by atoms with Crippen molar-refractivity contribution in [2.45, 2.75) is 0 Å². The van der Waals surface area contributed by atoms with Gasteiger partial charge in [-0.2, -0.15) is 0 Å². The fourth-order valence-corrected chi connectivity index (χ4v) is 103. The van der Waals surface area contributed by atoms with Gasteiger partial charge in [-0.15, -0.1) is 0 Å². The minimum Gasteiger partial charge on any atom is -1.00 e. The molecule has 2 aliphatic rings. The molecule has 0 unspecified atom stereocenters. The predicted octanol–water partition coefficient (Wildman–Crippen LogP) is -7.50. The van der Waals surface area contributed by atoms with Crippen LogP contribution in [0.2, 0.25) is 0 Å². The first kappa shape index (κ1) is 17.2. The van der Waals surface area contributed by atoms with Crippen LogP contribution in [0.25, 0.3) is 0 Å². The zero-order valence-electron chi connectivity index (χ0n) is 6.46. The van der Waals surface area contributed by atoms with E-state index in [0.717, 1.165) is 0 Å². The first-order valence-electron chi connectivity index (χ1n) is 3.22. The fourth-order valence-electron chi connectivity index (χ4n) is 0.791. The maximum atomic E-state index is 2.64. The Bertz CT molecular complexity index is 256. The van der Waals surface area contributed by atoms with Crippen LogP contribution in [-0.2, 0) is 23.2 Å². The van der Waals surface area contributed by atoms with Gasteiger partial charge >= 0.3 is 118 Å². The molecule has 0 bridgehead atoms. The van der Waals surface area contributed by atoms with Crippen LogP contribution in [0.1, 0.15) is 0 Å². The van der Waals surface area contributed by atoms with Crippen LogP contribution in [0.5, 0.6) is 0 Å². The third-order valence-corrected chi connectivity index (χ3v) is 92.7. The number of rotatable bonds is 2. The van der Waals surface area contributed by atoms with Crippen LogP contribution in [-0.4, -0.2) is 74.6 Å².